The molecule has 1 aromatic carbocycles. The van der Waals surface area contributed by atoms with Gasteiger partial charge in [0.25, 0.3) is 0 Å². The van der Waals surface area contributed by atoms with Crippen molar-refractivity contribution in [3.05, 3.63) is 51.7 Å². The first kappa shape index (κ1) is 16.5. The molecule has 0 aliphatic carbocycles. The van der Waals surface area contributed by atoms with Gasteiger partial charge in [0.05, 0.1) is 23.4 Å². The number of aryl methyl sites for hydroxylation is 1. The Hall–Kier alpha value is -2.35. The van der Waals surface area contributed by atoms with Crippen LogP contribution < -0.4 is 4.90 Å². The van der Waals surface area contributed by atoms with E-state index in [0.29, 0.717) is 5.01 Å². The summed E-state index contributed by atoms with van der Waals surface area (Å²) in [4.78, 5) is 5.69. The van der Waals surface area contributed by atoms with Crippen molar-refractivity contribution in [1.29, 1.82) is 5.41 Å². The highest BCUT2D eigenvalue weighted by Gasteiger charge is 2.34. The molecule has 0 amide bonds. The smallest absolute Gasteiger partial charge is 0.416 e. The molecule has 0 saturated carbocycles. The lowest BCUT2D eigenvalue weighted by Gasteiger charge is -2.20. The zero-order chi connectivity index (χ0) is 17.5. The summed E-state index contributed by atoms with van der Waals surface area (Å²) in [5, 5.41) is 20.8. The second-order valence-corrected chi connectivity index (χ2v) is 6.16. The number of nitrogens with zero attached hydrogens (tertiary/aromatic N) is 2. The van der Waals surface area contributed by atoms with Gasteiger partial charge < -0.3 is 10.0 Å². The Bertz CT molecular complexity index is 826. The maximum Gasteiger partial charge on any atom is 0.416 e. The third-order valence-electron chi connectivity index (χ3n) is 3.72. The molecule has 0 bridgehead atoms. The molecule has 0 saturated heterocycles. The molecule has 2 aromatic rings. The fraction of sp³-hybridized carbons (Fsp3) is 0.250. The van der Waals surface area contributed by atoms with Gasteiger partial charge in [0.2, 0.25) is 0 Å². The van der Waals surface area contributed by atoms with Crippen LogP contribution in [0.15, 0.2) is 35.4 Å². The molecule has 2 heterocycles. The number of halogens is 3. The zero-order valence-electron chi connectivity index (χ0n) is 12.7. The van der Waals surface area contributed by atoms with E-state index >= 15 is 0 Å². The number of benzene rings is 1. The van der Waals surface area contributed by atoms with E-state index in [-0.39, 0.29) is 29.4 Å². The van der Waals surface area contributed by atoms with Crippen molar-refractivity contribution >= 4 is 28.4 Å². The van der Waals surface area contributed by atoms with Crippen molar-refractivity contribution in [2.24, 2.45) is 0 Å². The molecule has 1 aromatic heterocycles. The molecular weight excluding hydrogens is 339 g/mol. The number of aliphatic hydroxyl groups excluding tert-OH is 1. The molecule has 2 N–H and O–H groups in total. The average molecular weight is 353 g/mol. The second-order valence-electron chi connectivity index (χ2n) is 5.30. The normalized spacial score (nSPS) is 15.5. The Morgan fingerprint density at radius 2 is 2.12 bits per heavy atom. The lowest BCUT2D eigenvalue weighted by molar-refractivity contribution is -0.137. The summed E-state index contributed by atoms with van der Waals surface area (Å²) in [5.41, 5.74) is 0.546. The van der Waals surface area contributed by atoms with Crippen molar-refractivity contribution in [2.75, 3.05) is 11.4 Å². The number of anilines is 1. The molecule has 0 fully saturated rings. The van der Waals surface area contributed by atoms with Crippen LogP contribution in [0.4, 0.5) is 18.9 Å². The van der Waals surface area contributed by atoms with Crippen LogP contribution in [0, 0.1) is 5.41 Å². The fourth-order valence-electron chi connectivity index (χ4n) is 2.46. The molecule has 0 spiro atoms. The van der Waals surface area contributed by atoms with Gasteiger partial charge in [-0.1, -0.05) is 13.0 Å². The summed E-state index contributed by atoms with van der Waals surface area (Å²) in [6, 6.07) is 4.73. The number of aromatic nitrogens is 1. The van der Waals surface area contributed by atoms with Gasteiger partial charge in [-0.25, -0.2) is 4.98 Å². The van der Waals surface area contributed by atoms with E-state index in [4.69, 9.17) is 5.41 Å². The summed E-state index contributed by atoms with van der Waals surface area (Å²) >= 11 is 1.31. The fourth-order valence-corrected chi connectivity index (χ4v) is 3.43. The highest BCUT2D eigenvalue weighted by atomic mass is 32.1. The average Bonchev–Trinajstić information content (AvgIpc) is 3.11. The van der Waals surface area contributed by atoms with Crippen LogP contribution in [0.2, 0.25) is 0 Å². The van der Waals surface area contributed by atoms with Gasteiger partial charge in [0.15, 0.2) is 0 Å². The first-order valence-electron chi connectivity index (χ1n) is 7.22. The molecule has 1 aliphatic heterocycles. The number of amidine groups is 1. The van der Waals surface area contributed by atoms with Crippen LogP contribution in [0.25, 0.3) is 5.57 Å². The Morgan fingerprint density at radius 1 is 1.38 bits per heavy atom. The first-order chi connectivity index (χ1) is 11.3. The van der Waals surface area contributed by atoms with Crippen molar-refractivity contribution in [3.8, 4) is 0 Å². The quantitative estimate of drug-likeness (QED) is 0.855. The van der Waals surface area contributed by atoms with Gasteiger partial charge in [0.1, 0.15) is 16.6 Å². The molecular formula is C16H14F3N3OS. The summed E-state index contributed by atoms with van der Waals surface area (Å²) in [7, 11) is 0. The maximum atomic E-state index is 12.9. The number of rotatable bonds is 3. The molecule has 4 nitrogen and oxygen atoms in total. The SMILES string of the molecule is CCc1csc(C2=C(O)CN(c3cccc(C(F)(F)F)c3)C2=N)n1. The van der Waals surface area contributed by atoms with Crippen LogP contribution in [0.3, 0.4) is 0 Å². The molecule has 0 unspecified atom stereocenters. The summed E-state index contributed by atoms with van der Waals surface area (Å²) in [6.07, 6.45) is -3.73. The Balaban J connectivity index is 1.93. The minimum absolute atomic E-state index is 0.0451. The first-order valence-corrected chi connectivity index (χ1v) is 8.09. The van der Waals surface area contributed by atoms with E-state index < -0.39 is 11.7 Å². The summed E-state index contributed by atoms with van der Waals surface area (Å²) in [6.45, 7) is 1.90. The Kier molecular flexibility index (Phi) is 4.08. The van der Waals surface area contributed by atoms with Gasteiger partial charge in [-0.15, -0.1) is 11.3 Å². The topological polar surface area (TPSA) is 60.2 Å². The number of alkyl halides is 3. The lowest BCUT2D eigenvalue weighted by Crippen LogP contribution is -2.26. The van der Waals surface area contributed by atoms with E-state index in [2.05, 4.69) is 4.98 Å². The summed E-state index contributed by atoms with van der Waals surface area (Å²) in [5.74, 6) is -0.113. The largest absolute Gasteiger partial charge is 0.510 e. The Labute approximate surface area is 140 Å². The minimum atomic E-state index is -4.46. The standard InChI is InChI=1S/C16H14F3N3OS/c1-2-10-8-24-15(21-10)13-12(23)7-22(14(13)20)11-5-3-4-9(6-11)16(17,18)19/h3-6,8,20,23H,2,7H2,1H3. The molecule has 8 heteroatoms. The van der Waals surface area contributed by atoms with E-state index in [1.807, 2.05) is 12.3 Å². The minimum Gasteiger partial charge on any atom is -0.510 e. The lowest BCUT2D eigenvalue weighted by atomic mass is 10.2. The summed E-state index contributed by atoms with van der Waals surface area (Å²) < 4.78 is 38.6. The monoisotopic (exact) mass is 353 g/mol. The van der Waals surface area contributed by atoms with Gasteiger partial charge in [0, 0.05) is 11.1 Å². The maximum absolute atomic E-state index is 12.9. The van der Waals surface area contributed by atoms with Gasteiger partial charge in [-0.05, 0) is 24.6 Å². The number of hydrogen-bond acceptors (Lipinski definition) is 4. The van der Waals surface area contributed by atoms with Gasteiger partial charge in [-0.2, -0.15) is 13.2 Å². The van der Waals surface area contributed by atoms with E-state index in [9.17, 15) is 18.3 Å². The third kappa shape index (κ3) is 2.89. The molecule has 0 radical (unpaired) electrons. The molecule has 24 heavy (non-hydrogen) atoms. The number of thiazole rings is 1. The molecule has 3 rings (SSSR count). The van der Waals surface area contributed by atoms with E-state index in [1.54, 1.807) is 0 Å². The van der Waals surface area contributed by atoms with Crippen molar-refractivity contribution in [3.63, 3.8) is 0 Å². The van der Waals surface area contributed by atoms with Gasteiger partial charge >= 0.3 is 6.18 Å². The zero-order valence-corrected chi connectivity index (χ0v) is 13.5. The van der Waals surface area contributed by atoms with Crippen molar-refractivity contribution < 1.29 is 18.3 Å². The van der Waals surface area contributed by atoms with Gasteiger partial charge in [-0.3, -0.25) is 5.41 Å². The number of hydrogen-bond donors (Lipinski definition) is 2. The highest BCUT2D eigenvalue weighted by molar-refractivity contribution is 7.11. The number of aliphatic hydroxyl groups is 1. The van der Waals surface area contributed by atoms with Crippen LogP contribution in [-0.2, 0) is 12.6 Å². The van der Waals surface area contributed by atoms with Crippen LogP contribution in [0.5, 0.6) is 0 Å². The highest BCUT2D eigenvalue weighted by Crippen LogP contribution is 2.36. The van der Waals surface area contributed by atoms with Crippen molar-refractivity contribution in [2.45, 2.75) is 19.5 Å². The van der Waals surface area contributed by atoms with E-state index in [0.717, 1.165) is 24.2 Å². The van der Waals surface area contributed by atoms with Crippen LogP contribution >= 0.6 is 11.3 Å². The molecule has 1 aliphatic rings. The van der Waals surface area contributed by atoms with E-state index in [1.165, 1.54) is 28.4 Å². The van der Waals surface area contributed by atoms with Crippen LogP contribution in [-0.4, -0.2) is 22.5 Å². The van der Waals surface area contributed by atoms with Crippen molar-refractivity contribution in [1.82, 2.24) is 4.98 Å². The number of nitrogens with one attached hydrogen (secondary N) is 1. The predicted molar refractivity (Wildman–Crippen MR) is 87.6 cm³/mol. The second kappa shape index (κ2) is 5.94. The van der Waals surface area contributed by atoms with Crippen LogP contribution in [0.1, 0.15) is 23.2 Å². The third-order valence-corrected chi connectivity index (χ3v) is 4.62. The molecule has 0 atom stereocenters. The Morgan fingerprint density at radius 3 is 2.75 bits per heavy atom. The molecule has 126 valence electrons. The predicted octanol–water partition coefficient (Wildman–Crippen LogP) is 4.49.